The van der Waals surface area contributed by atoms with Crippen LogP contribution in [0.1, 0.15) is 0 Å². The summed E-state index contributed by atoms with van der Waals surface area (Å²) >= 11 is 11.2. The summed E-state index contributed by atoms with van der Waals surface area (Å²) in [5, 5.41) is 2.43. The van der Waals surface area contributed by atoms with E-state index in [-0.39, 0.29) is 21.4 Å². The van der Waals surface area contributed by atoms with E-state index >= 15 is 0 Å². The molecule has 10 heteroatoms. The highest BCUT2D eigenvalue weighted by Gasteiger charge is 2.06. The highest BCUT2D eigenvalue weighted by Crippen LogP contribution is 2.19. The lowest BCUT2D eigenvalue weighted by Crippen LogP contribution is -2.02. The second-order valence-corrected chi connectivity index (χ2v) is 5.36. The van der Waals surface area contributed by atoms with Gasteiger partial charge in [-0.05, 0) is 41.4 Å². The molecular formula is C9H5Cl2N4O3S-. The van der Waals surface area contributed by atoms with Crippen molar-refractivity contribution in [3.8, 4) is 0 Å². The number of hydrogen-bond donors (Lipinski definition) is 1. The quantitative estimate of drug-likeness (QED) is 0.859. The third kappa shape index (κ3) is 3.74. The van der Waals surface area contributed by atoms with Gasteiger partial charge in [-0.1, -0.05) is 6.07 Å². The van der Waals surface area contributed by atoms with Crippen molar-refractivity contribution in [3.05, 3.63) is 34.8 Å². The van der Waals surface area contributed by atoms with Gasteiger partial charge in [-0.3, -0.25) is 0 Å². The molecule has 2 aromatic rings. The van der Waals surface area contributed by atoms with Crippen LogP contribution in [0.3, 0.4) is 0 Å². The lowest BCUT2D eigenvalue weighted by Gasteiger charge is -2.09. The summed E-state index contributed by atoms with van der Waals surface area (Å²) in [4.78, 5) is 10.7. The van der Waals surface area contributed by atoms with Crippen LogP contribution in [0.4, 0.5) is 11.6 Å². The highest BCUT2D eigenvalue weighted by atomic mass is 35.5. The number of rotatable bonds is 3. The molecule has 1 heterocycles. The number of benzene rings is 1. The highest BCUT2D eigenvalue weighted by molar-refractivity contribution is 7.85. The molecule has 0 spiro atoms. The predicted octanol–water partition coefficient (Wildman–Crippen LogP) is 1.83. The van der Waals surface area contributed by atoms with Crippen LogP contribution >= 0.6 is 23.2 Å². The molecule has 0 bridgehead atoms. The molecule has 0 amide bonds. The third-order valence-electron chi connectivity index (χ3n) is 1.96. The summed E-state index contributed by atoms with van der Waals surface area (Å²) in [6.07, 6.45) is 0. The van der Waals surface area contributed by atoms with Gasteiger partial charge in [0.05, 0.1) is 4.90 Å². The minimum absolute atomic E-state index is 0.0328. The zero-order valence-electron chi connectivity index (χ0n) is 9.04. The Balaban J connectivity index is 2.33. The summed E-state index contributed by atoms with van der Waals surface area (Å²) < 4.78 is 32.6. The van der Waals surface area contributed by atoms with Gasteiger partial charge in [-0.2, -0.15) is 15.0 Å². The van der Waals surface area contributed by atoms with Crippen molar-refractivity contribution in [3.63, 3.8) is 0 Å². The zero-order chi connectivity index (χ0) is 14.0. The third-order valence-corrected chi connectivity index (χ3v) is 3.13. The standard InChI is InChI=1S/C9H6Cl2N4O3S/c10-7-13-8(11)15-9(14-7)12-5-2-1-3-6(4-5)19(16,17)18/h1-4H,(H,16,17,18)(H,12,13,14,15)/p-1. The van der Waals surface area contributed by atoms with Gasteiger partial charge in [0.2, 0.25) is 16.5 Å². The summed E-state index contributed by atoms with van der Waals surface area (Å²) in [5.74, 6) is 0.0328. The van der Waals surface area contributed by atoms with E-state index in [0.717, 1.165) is 6.07 Å². The second-order valence-electron chi connectivity index (χ2n) is 3.30. The molecule has 0 atom stereocenters. The van der Waals surface area contributed by atoms with Crippen LogP contribution in [-0.4, -0.2) is 27.9 Å². The van der Waals surface area contributed by atoms with E-state index in [4.69, 9.17) is 23.2 Å². The molecule has 7 nitrogen and oxygen atoms in total. The molecule has 0 aliphatic carbocycles. The van der Waals surface area contributed by atoms with Gasteiger partial charge in [0, 0.05) is 5.69 Å². The molecule has 100 valence electrons. The fraction of sp³-hybridized carbons (Fsp3) is 0. The van der Waals surface area contributed by atoms with E-state index in [1.54, 1.807) is 0 Å². The Morgan fingerprint density at radius 1 is 1.11 bits per heavy atom. The normalized spacial score (nSPS) is 11.3. The second kappa shape index (κ2) is 5.25. The van der Waals surface area contributed by atoms with Gasteiger partial charge in [0.15, 0.2) is 0 Å². The summed E-state index contributed by atoms with van der Waals surface area (Å²) in [6, 6.07) is 5.26. The van der Waals surface area contributed by atoms with Crippen molar-refractivity contribution >= 4 is 45.0 Å². The van der Waals surface area contributed by atoms with Crippen LogP contribution in [0.15, 0.2) is 29.2 Å². The Morgan fingerprint density at radius 2 is 1.74 bits per heavy atom. The van der Waals surface area contributed by atoms with Gasteiger partial charge in [0.1, 0.15) is 10.1 Å². The molecule has 0 unspecified atom stereocenters. The zero-order valence-corrected chi connectivity index (χ0v) is 11.4. The first-order valence-electron chi connectivity index (χ1n) is 4.75. The molecular weight excluding hydrogens is 315 g/mol. The van der Waals surface area contributed by atoms with Crippen molar-refractivity contribution in [2.45, 2.75) is 4.90 Å². The molecule has 0 radical (unpaired) electrons. The molecule has 1 N–H and O–H groups in total. The van der Waals surface area contributed by atoms with Crippen molar-refractivity contribution in [1.82, 2.24) is 15.0 Å². The minimum Gasteiger partial charge on any atom is -0.744 e. The molecule has 2 rings (SSSR count). The van der Waals surface area contributed by atoms with Crippen molar-refractivity contribution in [1.29, 1.82) is 0 Å². The molecule has 0 aliphatic heterocycles. The smallest absolute Gasteiger partial charge is 0.232 e. The van der Waals surface area contributed by atoms with Crippen molar-refractivity contribution < 1.29 is 13.0 Å². The number of aromatic nitrogens is 3. The number of hydrogen-bond acceptors (Lipinski definition) is 7. The van der Waals surface area contributed by atoms with E-state index in [1.807, 2.05) is 0 Å². The maximum absolute atomic E-state index is 10.9. The summed E-state index contributed by atoms with van der Waals surface area (Å²) in [7, 11) is -4.53. The maximum Gasteiger partial charge on any atom is 0.232 e. The number of nitrogens with zero attached hydrogens (tertiary/aromatic N) is 3. The van der Waals surface area contributed by atoms with Gasteiger partial charge >= 0.3 is 0 Å². The minimum atomic E-state index is -4.53. The maximum atomic E-state index is 10.9. The SMILES string of the molecule is O=S(=O)([O-])c1cccc(Nc2nc(Cl)nc(Cl)n2)c1. The van der Waals surface area contributed by atoms with E-state index in [1.165, 1.54) is 18.2 Å². The molecule has 0 saturated heterocycles. The number of anilines is 2. The van der Waals surface area contributed by atoms with Crippen molar-refractivity contribution in [2.75, 3.05) is 5.32 Å². The van der Waals surface area contributed by atoms with Gasteiger partial charge in [0.25, 0.3) is 0 Å². The van der Waals surface area contributed by atoms with E-state index in [2.05, 4.69) is 20.3 Å². The summed E-state index contributed by atoms with van der Waals surface area (Å²) in [6.45, 7) is 0. The largest absolute Gasteiger partial charge is 0.744 e. The lowest BCUT2D eigenvalue weighted by molar-refractivity contribution is 0.463. The monoisotopic (exact) mass is 319 g/mol. The number of halogens is 2. The Kier molecular flexibility index (Phi) is 3.85. The fourth-order valence-electron chi connectivity index (χ4n) is 1.24. The Morgan fingerprint density at radius 3 is 2.32 bits per heavy atom. The van der Waals surface area contributed by atoms with Gasteiger partial charge in [-0.15, -0.1) is 0 Å². The van der Waals surface area contributed by atoms with E-state index in [0.29, 0.717) is 5.69 Å². The van der Waals surface area contributed by atoms with E-state index in [9.17, 15) is 13.0 Å². The average Bonchev–Trinajstić information content (AvgIpc) is 2.26. The topological polar surface area (TPSA) is 108 Å². The summed E-state index contributed by atoms with van der Waals surface area (Å²) in [5.41, 5.74) is 0.301. The van der Waals surface area contributed by atoms with Crippen LogP contribution in [0, 0.1) is 0 Å². The van der Waals surface area contributed by atoms with Gasteiger partial charge in [-0.25, -0.2) is 8.42 Å². The van der Waals surface area contributed by atoms with E-state index < -0.39 is 10.1 Å². The van der Waals surface area contributed by atoms with Crippen LogP contribution in [0.2, 0.25) is 10.6 Å². The first kappa shape index (κ1) is 13.9. The predicted molar refractivity (Wildman–Crippen MR) is 67.5 cm³/mol. The Bertz CT molecular complexity index is 703. The Hall–Kier alpha value is -1.48. The fourth-order valence-corrected chi connectivity index (χ4v) is 2.12. The van der Waals surface area contributed by atoms with Crippen molar-refractivity contribution in [2.24, 2.45) is 0 Å². The first-order valence-corrected chi connectivity index (χ1v) is 6.91. The van der Waals surface area contributed by atoms with Crippen LogP contribution in [0.5, 0.6) is 0 Å². The molecule has 0 saturated carbocycles. The molecule has 1 aromatic carbocycles. The Labute approximate surface area is 118 Å². The van der Waals surface area contributed by atoms with Crippen LogP contribution in [0.25, 0.3) is 0 Å². The lowest BCUT2D eigenvalue weighted by atomic mass is 10.3. The first-order chi connectivity index (χ1) is 8.84. The van der Waals surface area contributed by atoms with Gasteiger partial charge < -0.3 is 9.87 Å². The molecule has 1 aromatic heterocycles. The van der Waals surface area contributed by atoms with Crippen LogP contribution in [-0.2, 0) is 10.1 Å². The molecule has 19 heavy (non-hydrogen) atoms. The molecule has 0 aliphatic rings. The van der Waals surface area contributed by atoms with Crippen LogP contribution < -0.4 is 5.32 Å². The number of nitrogens with one attached hydrogen (secondary N) is 1. The molecule has 0 fully saturated rings. The average molecular weight is 320 g/mol.